The number of fused-ring (bicyclic) bond motifs is 1. The molecule has 0 saturated heterocycles. The number of aromatic nitrogens is 4. The Labute approximate surface area is 154 Å². The Morgan fingerprint density at radius 3 is 2.52 bits per heavy atom. The van der Waals surface area contributed by atoms with E-state index in [0.717, 1.165) is 6.42 Å². The Morgan fingerprint density at radius 2 is 1.89 bits per heavy atom. The second-order valence-corrected chi connectivity index (χ2v) is 5.69. The predicted molar refractivity (Wildman–Crippen MR) is 99.8 cm³/mol. The number of rotatable bonds is 6. The SMILES string of the molecule is CCCc1nc2nc[nH]n2c(=O)c1NC(=O)Nc1cc(OC)cc(OC)c1. The van der Waals surface area contributed by atoms with Gasteiger partial charge in [-0.1, -0.05) is 13.3 Å². The summed E-state index contributed by atoms with van der Waals surface area (Å²) < 4.78 is 11.5. The van der Waals surface area contributed by atoms with Crippen molar-refractivity contribution in [3.05, 3.63) is 40.6 Å². The molecule has 3 N–H and O–H groups in total. The number of methoxy groups -OCH3 is 2. The van der Waals surface area contributed by atoms with E-state index in [9.17, 15) is 9.59 Å². The monoisotopic (exact) mass is 372 g/mol. The number of carbonyl (C=O) groups excluding carboxylic acids is 1. The van der Waals surface area contributed by atoms with Crippen molar-refractivity contribution in [2.75, 3.05) is 24.9 Å². The Hall–Kier alpha value is -3.56. The molecule has 0 saturated carbocycles. The predicted octanol–water partition coefficient (Wildman–Crippen LogP) is 2.03. The van der Waals surface area contributed by atoms with Gasteiger partial charge in [-0.05, 0) is 6.42 Å². The first-order valence-electron chi connectivity index (χ1n) is 8.31. The lowest BCUT2D eigenvalue weighted by atomic mass is 10.2. The Balaban J connectivity index is 1.89. The number of aromatic amines is 1. The van der Waals surface area contributed by atoms with E-state index >= 15 is 0 Å². The van der Waals surface area contributed by atoms with E-state index in [1.807, 2.05) is 6.92 Å². The normalized spacial score (nSPS) is 10.6. The van der Waals surface area contributed by atoms with Crippen LogP contribution in [0.5, 0.6) is 11.5 Å². The molecule has 10 heteroatoms. The molecule has 2 heterocycles. The maximum absolute atomic E-state index is 12.6. The molecule has 10 nitrogen and oxygen atoms in total. The van der Waals surface area contributed by atoms with Crippen LogP contribution in [-0.4, -0.2) is 39.8 Å². The largest absolute Gasteiger partial charge is 0.497 e. The van der Waals surface area contributed by atoms with Crippen molar-refractivity contribution in [1.82, 2.24) is 19.6 Å². The van der Waals surface area contributed by atoms with Crippen molar-refractivity contribution in [2.24, 2.45) is 0 Å². The Kier molecular flexibility index (Phi) is 5.25. The van der Waals surface area contributed by atoms with Gasteiger partial charge in [0.1, 0.15) is 23.5 Å². The van der Waals surface area contributed by atoms with Gasteiger partial charge in [-0.15, -0.1) is 0 Å². The molecule has 2 aromatic heterocycles. The number of urea groups is 1. The molecule has 0 fully saturated rings. The quantitative estimate of drug-likeness (QED) is 0.608. The van der Waals surface area contributed by atoms with Crippen LogP contribution in [0.2, 0.25) is 0 Å². The lowest BCUT2D eigenvalue weighted by Gasteiger charge is -2.12. The van der Waals surface area contributed by atoms with Gasteiger partial charge in [-0.25, -0.2) is 14.8 Å². The molecule has 27 heavy (non-hydrogen) atoms. The van der Waals surface area contributed by atoms with Crippen molar-refractivity contribution in [3.63, 3.8) is 0 Å². The molecule has 0 unspecified atom stereocenters. The summed E-state index contributed by atoms with van der Waals surface area (Å²) in [6.45, 7) is 1.96. The van der Waals surface area contributed by atoms with Crippen molar-refractivity contribution in [3.8, 4) is 11.5 Å². The van der Waals surface area contributed by atoms with Gasteiger partial charge in [0.05, 0.1) is 19.9 Å². The minimum atomic E-state index is -0.582. The molecule has 3 aromatic rings. The highest BCUT2D eigenvalue weighted by molar-refractivity contribution is 6.00. The molecule has 0 atom stereocenters. The number of anilines is 2. The summed E-state index contributed by atoms with van der Waals surface area (Å²) in [6.07, 6.45) is 2.66. The summed E-state index contributed by atoms with van der Waals surface area (Å²) in [6, 6.07) is 4.38. The first-order valence-corrected chi connectivity index (χ1v) is 8.31. The van der Waals surface area contributed by atoms with E-state index in [1.165, 1.54) is 25.1 Å². The van der Waals surface area contributed by atoms with E-state index in [4.69, 9.17) is 9.47 Å². The standard InChI is InChI=1S/C17H20N6O4/c1-4-5-13-14(15(24)23-16(21-13)18-9-19-23)22-17(25)20-10-6-11(26-2)8-12(7-10)27-3/h6-9H,4-5H2,1-3H3,(H,18,19,21)(H2,20,22,25). The summed E-state index contributed by atoms with van der Waals surface area (Å²) in [5, 5.41) is 7.94. The number of carbonyl (C=O) groups is 1. The fraction of sp³-hybridized carbons (Fsp3) is 0.294. The highest BCUT2D eigenvalue weighted by atomic mass is 16.5. The van der Waals surface area contributed by atoms with Gasteiger partial charge in [-0.2, -0.15) is 4.52 Å². The zero-order valence-corrected chi connectivity index (χ0v) is 15.2. The summed E-state index contributed by atoms with van der Waals surface area (Å²) in [4.78, 5) is 33.4. The number of hydrogen-bond donors (Lipinski definition) is 3. The Bertz CT molecular complexity index is 1000. The van der Waals surface area contributed by atoms with E-state index in [1.54, 1.807) is 18.2 Å². The van der Waals surface area contributed by atoms with Gasteiger partial charge in [-0.3, -0.25) is 9.89 Å². The molecule has 0 bridgehead atoms. The highest BCUT2D eigenvalue weighted by Gasteiger charge is 2.16. The number of aryl methyl sites for hydroxylation is 1. The summed E-state index contributed by atoms with van der Waals surface area (Å²) in [5.74, 6) is 1.31. The second-order valence-electron chi connectivity index (χ2n) is 5.69. The zero-order valence-electron chi connectivity index (χ0n) is 15.2. The number of nitrogens with zero attached hydrogens (tertiary/aromatic N) is 3. The minimum Gasteiger partial charge on any atom is -0.497 e. The van der Waals surface area contributed by atoms with E-state index in [2.05, 4.69) is 25.7 Å². The molecule has 0 radical (unpaired) electrons. The number of hydrogen-bond acceptors (Lipinski definition) is 6. The van der Waals surface area contributed by atoms with Crippen LogP contribution in [0.25, 0.3) is 5.78 Å². The summed E-state index contributed by atoms with van der Waals surface area (Å²) in [5.41, 5.74) is 0.606. The van der Waals surface area contributed by atoms with Crippen LogP contribution in [0.1, 0.15) is 19.0 Å². The van der Waals surface area contributed by atoms with Crippen molar-refractivity contribution < 1.29 is 14.3 Å². The molecular formula is C17H20N6O4. The number of ether oxygens (including phenoxy) is 2. The summed E-state index contributed by atoms with van der Waals surface area (Å²) in [7, 11) is 3.03. The van der Waals surface area contributed by atoms with Crippen LogP contribution in [0.4, 0.5) is 16.2 Å². The maximum atomic E-state index is 12.6. The summed E-state index contributed by atoms with van der Waals surface area (Å²) >= 11 is 0. The first kappa shape index (κ1) is 18.2. The number of benzene rings is 1. The van der Waals surface area contributed by atoms with Crippen LogP contribution in [0.3, 0.4) is 0 Å². The minimum absolute atomic E-state index is 0.103. The molecule has 3 rings (SSSR count). The maximum Gasteiger partial charge on any atom is 0.323 e. The third-order valence-corrected chi connectivity index (χ3v) is 3.84. The van der Waals surface area contributed by atoms with E-state index < -0.39 is 11.6 Å². The second kappa shape index (κ2) is 7.77. The molecule has 1 aromatic carbocycles. The van der Waals surface area contributed by atoms with Crippen molar-refractivity contribution >= 4 is 23.2 Å². The van der Waals surface area contributed by atoms with Crippen LogP contribution < -0.4 is 25.7 Å². The van der Waals surface area contributed by atoms with Gasteiger partial charge in [0.25, 0.3) is 11.3 Å². The topological polar surface area (TPSA) is 123 Å². The van der Waals surface area contributed by atoms with Gasteiger partial charge >= 0.3 is 6.03 Å². The molecule has 142 valence electrons. The third kappa shape index (κ3) is 3.84. The molecular weight excluding hydrogens is 352 g/mol. The lowest BCUT2D eigenvalue weighted by Crippen LogP contribution is -2.28. The highest BCUT2D eigenvalue weighted by Crippen LogP contribution is 2.25. The average molecular weight is 372 g/mol. The fourth-order valence-electron chi connectivity index (χ4n) is 2.60. The van der Waals surface area contributed by atoms with Crippen LogP contribution in [0, 0.1) is 0 Å². The van der Waals surface area contributed by atoms with Gasteiger partial charge < -0.3 is 20.1 Å². The van der Waals surface area contributed by atoms with Gasteiger partial charge in [0.2, 0.25) is 0 Å². The first-order chi connectivity index (χ1) is 13.0. The smallest absolute Gasteiger partial charge is 0.323 e. The average Bonchev–Trinajstić information content (AvgIpc) is 3.13. The van der Waals surface area contributed by atoms with Crippen LogP contribution in [0.15, 0.2) is 29.3 Å². The van der Waals surface area contributed by atoms with E-state index in [0.29, 0.717) is 29.3 Å². The van der Waals surface area contributed by atoms with Crippen molar-refractivity contribution in [1.29, 1.82) is 0 Å². The fourth-order valence-corrected chi connectivity index (χ4v) is 2.60. The van der Waals surface area contributed by atoms with Crippen LogP contribution >= 0.6 is 0 Å². The van der Waals surface area contributed by atoms with Gasteiger partial charge in [0, 0.05) is 23.9 Å². The number of H-pyrrole nitrogens is 1. The number of amides is 2. The molecule has 0 aliphatic rings. The lowest BCUT2D eigenvalue weighted by molar-refractivity contribution is 0.262. The molecule has 0 spiro atoms. The third-order valence-electron chi connectivity index (χ3n) is 3.84. The van der Waals surface area contributed by atoms with E-state index in [-0.39, 0.29) is 11.5 Å². The van der Waals surface area contributed by atoms with Crippen molar-refractivity contribution in [2.45, 2.75) is 19.8 Å². The van der Waals surface area contributed by atoms with Gasteiger partial charge in [0.15, 0.2) is 0 Å². The van der Waals surface area contributed by atoms with Crippen LogP contribution in [-0.2, 0) is 6.42 Å². The molecule has 0 aliphatic carbocycles. The molecule has 0 aliphatic heterocycles. The number of nitrogens with one attached hydrogen (secondary N) is 3. The molecule has 2 amide bonds. The Morgan fingerprint density at radius 1 is 1.19 bits per heavy atom. The zero-order chi connectivity index (χ0) is 19.4.